The summed E-state index contributed by atoms with van der Waals surface area (Å²) in [6.07, 6.45) is -0.976. The Labute approximate surface area is 148 Å². The molecule has 0 bridgehead atoms. The first kappa shape index (κ1) is 17.1. The summed E-state index contributed by atoms with van der Waals surface area (Å²) >= 11 is 6.04. The Morgan fingerprint density at radius 3 is 2.60 bits per heavy atom. The minimum Gasteiger partial charge on any atom is -0.384 e. The Bertz CT molecular complexity index is 892. The van der Waals surface area contributed by atoms with E-state index < -0.39 is 18.0 Å². The van der Waals surface area contributed by atoms with Crippen molar-refractivity contribution >= 4 is 23.2 Å². The first-order valence-electron chi connectivity index (χ1n) is 7.49. The molecule has 0 saturated heterocycles. The van der Waals surface area contributed by atoms with Gasteiger partial charge in [0.05, 0.1) is 0 Å². The van der Waals surface area contributed by atoms with Crippen LogP contribution in [0.5, 0.6) is 0 Å². The number of anilines is 1. The predicted octanol–water partition coefficient (Wildman–Crippen LogP) is 3.55. The van der Waals surface area contributed by atoms with Crippen molar-refractivity contribution in [3.63, 3.8) is 0 Å². The third-order valence-electron chi connectivity index (χ3n) is 3.73. The van der Waals surface area contributed by atoms with Crippen molar-refractivity contribution in [1.29, 1.82) is 0 Å². The van der Waals surface area contributed by atoms with Crippen molar-refractivity contribution < 1.29 is 14.3 Å². The first-order chi connectivity index (χ1) is 12.0. The quantitative estimate of drug-likeness (QED) is 0.748. The molecule has 0 aliphatic carbocycles. The Balaban J connectivity index is 1.93. The van der Waals surface area contributed by atoms with Gasteiger partial charge in [-0.2, -0.15) is 9.49 Å². The molecule has 0 spiro atoms. The standard InChI is InChI=1S/C18H15ClFN3O2/c1-23-16(20)10-15(22-23)18(25)21-14-8-7-12(19)9-13(14)17(24)11-5-3-2-4-6-11/h2-10,17,24H,1H3,(H,21,25). The van der Waals surface area contributed by atoms with E-state index in [1.54, 1.807) is 42.5 Å². The number of benzene rings is 2. The first-order valence-corrected chi connectivity index (χ1v) is 7.87. The average molecular weight is 360 g/mol. The number of amides is 1. The zero-order chi connectivity index (χ0) is 18.0. The molecule has 7 heteroatoms. The molecular weight excluding hydrogens is 345 g/mol. The van der Waals surface area contributed by atoms with Crippen LogP contribution in [0.1, 0.15) is 27.7 Å². The predicted molar refractivity (Wildman–Crippen MR) is 93.1 cm³/mol. The van der Waals surface area contributed by atoms with Gasteiger partial charge in [-0.1, -0.05) is 41.9 Å². The van der Waals surface area contributed by atoms with Gasteiger partial charge in [0.25, 0.3) is 5.91 Å². The van der Waals surface area contributed by atoms with Crippen LogP contribution in [0.15, 0.2) is 54.6 Å². The number of aryl methyl sites for hydroxylation is 1. The molecule has 0 saturated carbocycles. The minimum atomic E-state index is -0.976. The lowest BCUT2D eigenvalue weighted by Gasteiger charge is -2.17. The zero-order valence-corrected chi connectivity index (χ0v) is 14.0. The molecule has 0 radical (unpaired) electrons. The van der Waals surface area contributed by atoms with Gasteiger partial charge in [-0.15, -0.1) is 0 Å². The van der Waals surface area contributed by atoms with E-state index in [4.69, 9.17) is 11.6 Å². The van der Waals surface area contributed by atoms with Crippen LogP contribution in [-0.2, 0) is 7.05 Å². The van der Waals surface area contributed by atoms with Crippen molar-refractivity contribution in [3.05, 3.63) is 82.4 Å². The summed E-state index contributed by atoms with van der Waals surface area (Å²) in [5.41, 5.74) is 1.40. The van der Waals surface area contributed by atoms with Crippen LogP contribution >= 0.6 is 11.6 Å². The van der Waals surface area contributed by atoms with Gasteiger partial charge in [-0.25, -0.2) is 4.68 Å². The molecule has 2 N–H and O–H groups in total. The van der Waals surface area contributed by atoms with Gasteiger partial charge >= 0.3 is 0 Å². The maximum absolute atomic E-state index is 13.4. The van der Waals surface area contributed by atoms with Gasteiger partial charge in [-0.05, 0) is 23.8 Å². The number of carbonyl (C=O) groups excluding carboxylic acids is 1. The molecule has 5 nitrogen and oxygen atoms in total. The second-order valence-electron chi connectivity index (χ2n) is 5.47. The van der Waals surface area contributed by atoms with Gasteiger partial charge in [0, 0.05) is 29.4 Å². The summed E-state index contributed by atoms with van der Waals surface area (Å²) < 4.78 is 14.4. The van der Waals surface area contributed by atoms with Gasteiger partial charge in [0.2, 0.25) is 5.95 Å². The Morgan fingerprint density at radius 2 is 1.96 bits per heavy atom. The Morgan fingerprint density at radius 1 is 1.24 bits per heavy atom. The number of nitrogens with one attached hydrogen (secondary N) is 1. The Kier molecular flexibility index (Phi) is 4.83. The average Bonchev–Trinajstić information content (AvgIpc) is 2.96. The molecule has 3 rings (SSSR count). The van der Waals surface area contributed by atoms with E-state index in [1.165, 1.54) is 7.05 Å². The molecule has 2 aromatic carbocycles. The lowest BCUT2D eigenvalue weighted by molar-refractivity contribution is 0.102. The maximum atomic E-state index is 13.4. The summed E-state index contributed by atoms with van der Waals surface area (Å²) in [6, 6.07) is 14.8. The smallest absolute Gasteiger partial charge is 0.276 e. The number of aromatic nitrogens is 2. The highest BCUT2D eigenvalue weighted by Gasteiger charge is 2.19. The van der Waals surface area contributed by atoms with Crippen molar-refractivity contribution in [1.82, 2.24) is 9.78 Å². The lowest BCUT2D eigenvalue weighted by atomic mass is 10.00. The number of halogens is 2. The van der Waals surface area contributed by atoms with E-state index in [9.17, 15) is 14.3 Å². The molecular formula is C18H15ClFN3O2. The van der Waals surface area contributed by atoms with Crippen LogP contribution in [0.2, 0.25) is 5.02 Å². The second kappa shape index (κ2) is 7.04. The maximum Gasteiger partial charge on any atom is 0.276 e. The number of hydrogen-bond donors (Lipinski definition) is 2. The highest BCUT2D eigenvalue weighted by molar-refractivity contribution is 6.30. The highest BCUT2D eigenvalue weighted by Crippen LogP contribution is 2.31. The van der Waals surface area contributed by atoms with Crippen molar-refractivity contribution in [3.8, 4) is 0 Å². The van der Waals surface area contributed by atoms with Crippen LogP contribution in [0.3, 0.4) is 0 Å². The lowest BCUT2D eigenvalue weighted by Crippen LogP contribution is -2.15. The van der Waals surface area contributed by atoms with Crippen LogP contribution in [-0.4, -0.2) is 20.8 Å². The van der Waals surface area contributed by atoms with Gasteiger partial charge in [0.15, 0.2) is 5.69 Å². The molecule has 25 heavy (non-hydrogen) atoms. The fourth-order valence-electron chi connectivity index (χ4n) is 2.43. The fourth-order valence-corrected chi connectivity index (χ4v) is 2.61. The molecule has 128 valence electrons. The van der Waals surface area contributed by atoms with Crippen molar-refractivity contribution in [2.45, 2.75) is 6.10 Å². The third-order valence-corrected chi connectivity index (χ3v) is 3.96. The second-order valence-corrected chi connectivity index (χ2v) is 5.91. The highest BCUT2D eigenvalue weighted by atomic mass is 35.5. The topological polar surface area (TPSA) is 67.2 Å². The molecule has 1 heterocycles. The molecule has 1 unspecified atom stereocenters. The van der Waals surface area contributed by atoms with Crippen LogP contribution in [0.4, 0.5) is 10.1 Å². The summed E-state index contributed by atoms with van der Waals surface area (Å²) in [4.78, 5) is 12.3. The zero-order valence-electron chi connectivity index (χ0n) is 13.3. The van der Waals surface area contributed by atoms with E-state index in [0.717, 1.165) is 10.7 Å². The molecule has 0 aliphatic heterocycles. The SMILES string of the molecule is Cn1nc(C(=O)Nc2ccc(Cl)cc2C(O)c2ccccc2)cc1F. The summed E-state index contributed by atoms with van der Waals surface area (Å²) in [7, 11) is 1.40. The number of nitrogens with zero attached hydrogens (tertiary/aromatic N) is 2. The van der Waals surface area contributed by atoms with Gasteiger partial charge in [0.1, 0.15) is 6.10 Å². The van der Waals surface area contributed by atoms with Gasteiger partial charge < -0.3 is 10.4 Å². The van der Waals surface area contributed by atoms with Crippen LogP contribution in [0.25, 0.3) is 0 Å². The number of rotatable bonds is 4. The number of aliphatic hydroxyl groups is 1. The van der Waals surface area contributed by atoms with E-state index in [-0.39, 0.29) is 5.69 Å². The molecule has 1 amide bonds. The third kappa shape index (κ3) is 3.70. The molecule has 3 aromatic rings. The van der Waals surface area contributed by atoms with E-state index >= 15 is 0 Å². The molecule has 0 aliphatic rings. The van der Waals surface area contributed by atoms with Gasteiger partial charge in [-0.3, -0.25) is 4.79 Å². The molecule has 1 atom stereocenters. The summed E-state index contributed by atoms with van der Waals surface area (Å²) in [5, 5.41) is 17.5. The monoisotopic (exact) mass is 359 g/mol. The van der Waals surface area contributed by atoms with Crippen LogP contribution in [0, 0.1) is 5.95 Å². The van der Waals surface area contributed by atoms with E-state index in [0.29, 0.717) is 21.8 Å². The number of hydrogen-bond acceptors (Lipinski definition) is 3. The minimum absolute atomic E-state index is 0.0601. The van der Waals surface area contributed by atoms with Crippen molar-refractivity contribution in [2.24, 2.45) is 7.05 Å². The van der Waals surface area contributed by atoms with E-state index in [2.05, 4.69) is 10.4 Å². The summed E-state index contributed by atoms with van der Waals surface area (Å²) in [5.74, 6) is -1.20. The van der Waals surface area contributed by atoms with Crippen molar-refractivity contribution in [2.75, 3.05) is 5.32 Å². The number of carbonyl (C=O) groups is 1. The fraction of sp³-hybridized carbons (Fsp3) is 0.111. The Hall–Kier alpha value is -2.70. The molecule has 0 fully saturated rings. The van der Waals surface area contributed by atoms with E-state index in [1.807, 2.05) is 6.07 Å². The number of aliphatic hydroxyl groups excluding tert-OH is 1. The largest absolute Gasteiger partial charge is 0.384 e. The van der Waals surface area contributed by atoms with Crippen LogP contribution < -0.4 is 5.32 Å². The summed E-state index contributed by atoms with van der Waals surface area (Å²) in [6.45, 7) is 0. The normalized spacial score (nSPS) is 12.0. The molecule has 1 aromatic heterocycles.